The molecule has 1 N–H and O–H groups in total. The Morgan fingerprint density at radius 3 is 2.27 bits per heavy atom. The van der Waals surface area contributed by atoms with Gasteiger partial charge in [-0.1, -0.05) is 0 Å². The van der Waals surface area contributed by atoms with Gasteiger partial charge in [-0.25, -0.2) is 5.34 Å². The maximum atomic E-state index is 10.7. The number of hydroxylamine groups is 2. The smallest absolute Gasteiger partial charge is 0.0820 e. The summed E-state index contributed by atoms with van der Waals surface area (Å²) in [7, 11) is 2.03. The van der Waals surface area contributed by atoms with Crippen LogP contribution >= 0.6 is 0 Å². The van der Waals surface area contributed by atoms with Crippen molar-refractivity contribution in [2.45, 2.75) is 0 Å². The zero-order valence-corrected chi connectivity index (χ0v) is 8.15. The zero-order chi connectivity index (χ0) is 11.8. The third-order valence-corrected chi connectivity index (χ3v) is 1.05. The molecule has 11 nitrogen and oxygen atoms in total. The van der Waals surface area contributed by atoms with Crippen molar-refractivity contribution in [2.75, 3.05) is 27.3 Å². The first-order chi connectivity index (χ1) is 6.97. The van der Waals surface area contributed by atoms with E-state index in [-0.39, 0.29) is 21.0 Å². The van der Waals surface area contributed by atoms with Gasteiger partial charge in [-0.05, 0) is 7.05 Å². The van der Waals surface area contributed by atoms with Crippen LogP contribution in [0.4, 0.5) is 0 Å². The lowest BCUT2D eigenvalue weighted by Gasteiger charge is -2.42. The maximum Gasteiger partial charge on any atom is 0.0820 e. The number of nitrogens with zero attached hydrogens (tertiary/aromatic N) is 4. The molecule has 0 aromatic heterocycles. The van der Waals surface area contributed by atoms with E-state index in [0.29, 0.717) is 0 Å². The summed E-state index contributed by atoms with van der Waals surface area (Å²) < 4.78 is 0. The molecule has 0 aromatic carbocycles. The van der Waals surface area contributed by atoms with Gasteiger partial charge in [0.05, 0.1) is 13.7 Å². The van der Waals surface area contributed by atoms with E-state index in [1.807, 2.05) is 0 Å². The van der Waals surface area contributed by atoms with Crippen LogP contribution in [-0.4, -0.2) is 48.3 Å². The molecule has 0 rings (SSSR count). The third kappa shape index (κ3) is 7.48. The van der Waals surface area contributed by atoms with E-state index in [1.54, 1.807) is 5.53 Å². The monoisotopic (exact) mass is 225 g/mol. The first-order valence-corrected chi connectivity index (χ1v) is 3.70. The van der Waals surface area contributed by atoms with Gasteiger partial charge in [-0.15, -0.1) is 0 Å². The van der Waals surface area contributed by atoms with E-state index in [0.717, 1.165) is 14.2 Å². The van der Waals surface area contributed by atoms with Gasteiger partial charge in [0.25, 0.3) is 0 Å². The summed E-state index contributed by atoms with van der Waals surface area (Å²) in [6, 6.07) is 0. The molecule has 0 heterocycles. The third-order valence-electron chi connectivity index (χ3n) is 1.05. The number of hydrazine groups is 3. The molecular weight excluding hydrogens is 214 g/mol. The van der Waals surface area contributed by atoms with Crippen molar-refractivity contribution in [1.29, 1.82) is 0 Å². The minimum absolute atomic E-state index is 0.0943. The summed E-state index contributed by atoms with van der Waals surface area (Å²) in [5.41, 5.74) is 1.65. The van der Waals surface area contributed by atoms with Gasteiger partial charge in [-0.3, -0.25) is 4.84 Å². The normalized spacial score (nSPS) is 12.4. The highest BCUT2D eigenvalue weighted by Gasteiger charge is 1.95. The first kappa shape index (κ1) is 14.6. The lowest BCUT2D eigenvalue weighted by Crippen LogP contribution is -2.43. The van der Waals surface area contributed by atoms with Crippen LogP contribution in [0, 0.1) is 20.8 Å². The Kier molecular flexibility index (Phi) is 7.57. The van der Waals surface area contributed by atoms with Gasteiger partial charge in [0, 0.05) is 6.54 Å². The minimum Gasteiger partial charge on any atom is -0.771 e. The average molecular weight is 225 g/mol. The van der Waals surface area contributed by atoms with Crippen molar-refractivity contribution in [2.24, 2.45) is 0 Å². The highest BCUT2D eigenvalue weighted by Crippen LogP contribution is 1.93. The molecule has 92 valence electrons. The van der Waals surface area contributed by atoms with Crippen LogP contribution < -0.4 is 5.53 Å². The van der Waals surface area contributed by atoms with Crippen LogP contribution in [0.15, 0.2) is 0 Å². The standard InChI is InChI=1S/C4H11N5O6/c1-6(10)5-8(12)15-4-3-7(11)9(13)14-2/h5H,3-4H2,1-2H3/q-4. The Labute approximate surface area is 85.5 Å². The fourth-order valence-corrected chi connectivity index (χ4v) is 0.518. The molecule has 0 unspecified atom stereocenters. The Bertz CT molecular complexity index is 160. The maximum absolute atomic E-state index is 10.7. The molecule has 0 saturated heterocycles. The molecule has 0 radical (unpaired) electrons. The van der Waals surface area contributed by atoms with Gasteiger partial charge in [0.2, 0.25) is 0 Å². The summed E-state index contributed by atoms with van der Waals surface area (Å²) in [6.07, 6.45) is 0. The Hall–Kier alpha value is -0.440. The van der Waals surface area contributed by atoms with Gasteiger partial charge >= 0.3 is 0 Å². The van der Waals surface area contributed by atoms with E-state index < -0.39 is 13.2 Å². The van der Waals surface area contributed by atoms with Crippen LogP contribution in [-0.2, 0) is 9.68 Å². The van der Waals surface area contributed by atoms with Crippen molar-refractivity contribution < 1.29 is 9.68 Å². The Balaban J connectivity index is 3.52. The predicted octanol–water partition coefficient (Wildman–Crippen LogP) is -1.36. The summed E-state index contributed by atoms with van der Waals surface area (Å²) >= 11 is 0. The van der Waals surface area contributed by atoms with Gasteiger partial charge in [-0.2, -0.15) is 10.9 Å². The van der Waals surface area contributed by atoms with Gasteiger partial charge in [0.15, 0.2) is 0 Å². The fourth-order valence-electron chi connectivity index (χ4n) is 0.518. The average Bonchev–Trinajstić information content (AvgIpc) is 2.15. The topological polar surface area (TPSA) is 136 Å². The van der Waals surface area contributed by atoms with Crippen LogP contribution in [0.2, 0.25) is 0 Å². The molecule has 0 aliphatic carbocycles. The van der Waals surface area contributed by atoms with E-state index >= 15 is 0 Å². The van der Waals surface area contributed by atoms with Gasteiger partial charge < -0.3 is 36.0 Å². The summed E-state index contributed by atoms with van der Waals surface area (Å²) in [6.45, 7) is -0.823. The second-order valence-electron chi connectivity index (χ2n) is 2.18. The number of hydrogen-bond donors (Lipinski definition) is 1. The SMILES string of the molecule is CON([O-])N([O-])CCON([O-])NN(C)[O-]. The number of hydrogen-bond acceptors (Lipinski definition) is 11. The Morgan fingerprint density at radius 1 is 1.20 bits per heavy atom. The highest BCUT2D eigenvalue weighted by molar-refractivity contribution is 4.49. The molecule has 0 saturated carbocycles. The lowest BCUT2D eigenvalue weighted by molar-refractivity contribution is -0.233. The van der Waals surface area contributed by atoms with Crippen molar-refractivity contribution in [3.05, 3.63) is 20.8 Å². The lowest BCUT2D eigenvalue weighted by atomic mass is 10.7. The summed E-state index contributed by atoms with van der Waals surface area (Å²) in [5.74, 6) is 0. The van der Waals surface area contributed by atoms with Crippen LogP contribution in [0.1, 0.15) is 0 Å². The number of nitrogens with one attached hydrogen (secondary N) is 1. The molecule has 0 aliphatic heterocycles. The molecular formula is C4H11N5O6-4. The van der Waals surface area contributed by atoms with Crippen LogP contribution in [0.5, 0.6) is 0 Å². The fraction of sp³-hybridized carbons (Fsp3) is 1.00. The molecule has 0 fully saturated rings. The quantitative estimate of drug-likeness (QED) is 0.490. The molecule has 0 amide bonds. The van der Waals surface area contributed by atoms with E-state index in [4.69, 9.17) is 0 Å². The van der Waals surface area contributed by atoms with Crippen LogP contribution in [0.25, 0.3) is 0 Å². The second kappa shape index (κ2) is 7.80. The van der Waals surface area contributed by atoms with Crippen molar-refractivity contribution in [3.63, 3.8) is 0 Å². The summed E-state index contributed by atoms with van der Waals surface area (Å²) in [4.78, 5) is 8.28. The molecule has 0 spiro atoms. The van der Waals surface area contributed by atoms with E-state index in [9.17, 15) is 20.8 Å². The van der Waals surface area contributed by atoms with Gasteiger partial charge in [0.1, 0.15) is 0 Å². The first-order valence-electron chi connectivity index (χ1n) is 3.70. The highest BCUT2D eigenvalue weighted by atomic mass is 17.0. The molecule has 15 heavy (non-hydrogen) atoms. The second-order valence-corrected chi connectivity index (χ2v) is 2.18. The van der Waals surface area contributed by atoms with Crippen molar-refractivity contribution in [3.8, 4) is 0 Å². The molecule has 0 atom stereocenters. The molecule has 0 aromatic rings. The molecule has 11 heteroatoms. The minimum atomic E-state index is -0.430. The van der Waals surface area contributed by atoms with Crippen LogP contribution in [0.3, 0.4) is 0 Å². The molecule has 0 aliphatic rings. The van der Waals surface area contributed by atoms with Crippen molar-refractivity contribution in [1.82, 2.24) is 26.6 Å². The van der Waals surface area contributed by atoms with Crippen molar-refractivity contribution >= 4 is 0 Å². The van der Waals surface area contributed by atoms with E-state index in [2.05, 4.69) is 9.68 Å². The largest absolute Gasteiger partial charge is 0.771 e. The Morgan fingerprint density at radius 2 is 1.80 bits per heavy atom. The predicted molar refractivity (Wildman–Crippen MR) is 47.7 cm³/mol. The number of rotatable bonds is 8. The van der Waals surface area contributed by atoms with E-state index in [1.165, 1.54) is 0 Å². The molecule has 0 bridgehead atoms. The zero-order valence-electron chi connectivity index (χ0n) is 8.15. The summed E-state index contributed by atoms with van der Waals surface area (Å²) in [5, 5.41) is 41.4.